The highest BCUT2D eigenvalue weighted by atomic mass is 16.3. The number of rotatable bonds is 7. The number of phenolic OH excluding ortho intramolecular Hbond substituents is 2. The second-order valence-electron chi connectivity index (χ2n) is 4.76. The van der Waals surface area contributed by atoms with Gasteiger partial charge in [-0.3, -0.25) is 0 Å². The van der Waals surface area contributed by atoms with Crippen molar-refractivity contribution in [3.05, 3.63) is 23.8 Å². The van der Waals surface area contributed by atoms with Crippen molar-refractivity contribution in [1.29, 1.82) is 0 Å². The molecule has 2 heteroatoms. The summed E-state index contributed by atoms with van der Waals surface area (Å²) in [6.45, 7) is 4.38. The Morgan fingerprint density at radius 2 is 1.35 bits per heavy atom. The van der Waals surface area contributed by atoms with Crippen LogP contribution in [-0.2, 0) is 0 Å². The molecule has 2 nitrogen and oxygen atoms in total. The quantitative estimate of drug-likeness (QED) is 0.728. The van der Waals surface area contributed by atoms with Crippen LogP contribution < -0.4 is 0 Å². The minimum atomic E-state index is 0.165. The van der Waals surface area contributed by atoms with Gasteiger partial charge in [0.15, 0.2) is 0 Å². The lowest BCUT2D eigenvalue weighted by atomic mass is 9.89. The lowest BCUT2D eigenvalue weighted by molar-refractivity contribution is 0.444. The van der Waals surface area contributed by atoms with E-state index in [0.717, 1.165) is 18.4 Å². The second kappa shape index (κ2) is 7.21. The van der Waals surface area contributed by atoms with E-state index in [9.17, 15) is 10.2 Å². The van der Waals surface area contributed by atoms with E-state index in [1.165, 1.54) is 31.7 Å². The fraction of sp³-hybridized carbons (Fsp3) is 0.600. The first-order valence-corrected chi connectivity index (χ1v) is 6.70. The van der Waals surface area contributed by atoms with Crippen molar-refractivity contribution >= 4 is 0 Å². The Morgan fingerprint density at radius 1 is 0.882 bits per heavy atom. The molecule has 1 aromatic rings. The van der Waals surface area contributed by atoms with Crippen molar-refractivity contribution in [3.8, 4) is 11.5 Å². The van der Waals surface area contributed by atoms with Crippen LogP contribution in [0, 0.1) is 0 Å². The van der Waals surface area contributed by atoms with Gasteiger partial charge in [0.05, 0.1) is 0 Å². The van der Waals surface area contributed by atoms with Crippen LogP contribution in [0.5, 0.6) is 11.5 Å². The van der Waals surface area contributed by atoms with Gasteiger partial charge in [0.1, 0.15) is 11.5 Å². The summed E-state index contributed by atoms with van der Waals surface area (Å²) in [5, 5.41) is 19.1. The summed E-state index contributed by atoms with van der Waals surface area (Å²) in [5.41, 5.74) is 1.07. The first-order chi connectivity index (χ1) is 8.17. The first-order valence-electron chi connectivity index (χ1n) is 6.70. The van der Waals surface area contributed by atoms with Gasteiger partial charge in [-0.15, -0.1) is 0 Å². The predicted molar refractivity (Wildman–Crippen MR) is 71.6 cm³/mol. The number of unbranched alkanes of at least 4 members (excludes halogenated alkanes) is 2. The Bertz CT molecular complexity index is 305. The van der Waals surface area contributed by atoms with Gasteiger partial charge in [-0.05, 0) is 36.5 Å². The fourth-order valence-electron chi connectivity index (χ4n) is 2.23. The minimum Gasteiger partial charge on any atom is -0.508 e. The van der Waals surface area contributed by atoms with E-state index >= 15 is 0 Å². The van der Waals surface area contributed by atoms with Crippen molar-refractivity contribution in [2.75, 3.05) is 0 Å². The van der Waals surface area contributed by atoms with Gasteiger partial charge in [0.2, 0.25) is 0 Å². The Hall–Kier alpha value is -1.18. The third-order valence-corrected chi connectivity index (χ3v) is 3.21. The molecule has 96 valence electrons. The highest BCUT2D eigenvalue weighted by Gasteiger charge is 2.12. The molecule has 0 atom stereocenters. The van der Waals surface area contributed by atoms with E-state index in [4.69, 9.17) is 0 Å². The number of hydrogen-bond donors (Lipinski definition) is 2. The van der Waals surface area contributed by atoms with Crippen molar-refractivity contribution in [2.24, 2.45) is 0 Å². The van der Waals surface area contributed by atoms with E-state index in [1.54, 1.807) is 12.1 Å². The van der Waals surface area contributed by atoms with Crippen LogP contribution >= 0.6 is 0 Å². The molecule has 0 heterocycles. The molecule has 0 aliphatic carbocycles. The summed E-state index contributed by atoms with van der Waals surface area (Å²) in [7, 11) is 0. The maximum Gasteiger partial charge on any atom is 0.119 e. The zero-order valence-corrected chi connectivity index (χ0v) is 10.9. The molecule has 1 rings (SSSR count). The van der Waals surface area contributed by atoms with Crippen LogP contribution in [0.3, 0.4) is 0 Å². The first kappa shape index (κ1) is 13.9. The lowest BCUT2D eigenvalue weighted by Crippen LogP contribution is -1.99. The molecular weight excluding hydrogens is 212 g/mol. The Labute approximate surface area is 104 Å². The molecular formula is C15H24O2. The van der Waals surface area contributed by atoms with E-state index < -0.39 is 0 Å². The summed E-state index contributed by atoms with van der Waals surface area (Å²) in [5.74, 6) is 0.795. The fourth-order valence-corrected chi connectivity index (χ4v) is 2.23. The zero-order valence-electron chi connectivity index (χ0n) is 10.9. The molecule has 0 aliphatic heterocycles. The standard InChI is InChI=1S/C15H24O2/c1-3-5-7-12(8-6-4-2)13-9-14(16)11-15(17)10-13/h9-12,16-17H,3-8H2,1-2H3. The van der Waals surface area contributed by atoms with Gasteiger partial charge < -0.3 is 10.2 Å². The summed E-state index contributed by atoms with van der Waals surface area (Å²) in [6.07, 6.45) is 7.05. The summed E-state index contributed by atoms with van der Waals surface area (Å²) in [6, 6.07) is 4.96. The van der Waals surface area contributed by atoms with Gasteiger partial charge in [-0.2, -0.15) is 0 Å². The summed E-state index contributed by atoms with van der Waals surface area (Å²) in [4.78, 5) is 0. The third-order valence-electron chi connectivity index (χ3n) is 3.21. The molecule has 0 bridgehead atoms. The maximum absolute atomic E-state index is 9.53. The molecule has 0 saturated heterocycles. The monoisotopic (exact) mass is 236 g/mol. The topological polar surface area (TPSA) is 40.5 Å². The predicted octanol–water partition coefficient (Wildman–Crippen LogP) is 4.56. The molecule has 0 aliphatic rings. The molecule has 1 aromatic carbocycles. The summed E-state index contributed by atoms with van der Waals surface area (Å²) < 4.78 is 0. The van der Waals surface area contributed by atoms with Gasteiger partial charge in [0.25, 0.3) is 0 Å². The van der Waals surface area contributed by atoms with Crippen LogP contribution in [0.2, 0.25) is 0 Å². The summed E-state index contributed by atoms with van der Waals surface area (Å²) >= 11 is 0. The van der Waals surface area contributed by atoms with Crippen molar-refractivity contribution < 1.29 is 10.2 Å². The Morgan fingerprint density at radius 3 is 1.76 bits per heavy atom. The van der Waals surface area contributed by atoms with Crippen LogP contribution in [0.1, 0.15) is 63.9 Å². The van der Waals surface area contributed by atoms with Crippen LogP contribution in [0.15, 0.2) is 18.2 Å². The number of aromatic hydroxyl groups is 2. The van der Waals surface area contributed by atoms with Gasteiger partial charge >= 0.3 is 0 Å². The van der Waals surface area contributed by atoms with Crippen molar-refractivity contribution in [2.45, 2.75) is 58.3 Å². The largest absolute Gasteiger partial charge is 0.508 e. The molecule has 17 heavy (non-hydrogen) atoms. The smallest absolute Gasteiger partial charge is 0.119 e. The van der Waals surface area contributed by atoms with Gasteiger partial charge in [-0.1, -0.05) is 39.5 Å². The molecule has 0 aromatic heterocycles. The Kier molecular flexibility index (Phi) is 5.88. The molecule has 0 radical (unpaired) electrons. The van der Waals surface area contributed by atoms with E-state index in [2.05, 4.69) is 13.8 Å². The molecule has 0 amide bonds. The van der Waals surface area contributed by atoms with Gasteiger partial charge in [0, 0.05) is 6.07 Å². The molecule has 2 N–H and O–H groups in total. The van der Waals surface area contributed by atoms with E-state index in [-0.39, 0.29) is 11.5 Å². The number of phenols is 2. The number of hydrogen-bond acceptors (Lipinski definition) is 2. The number of benzene rings is 1. The van der Waals surface area contributed by atoms with Crippen LogP contribution in [0.4, 0.5) is 0 Å². The SMILES string of the molecule is CCCCC(CCCC)c1cc(O)cc(O)c1. The Balaban J connectivity index is 2.78. The lowest BCUT2D eigenvalue weighted by Gasteiger charge is -2.17. The van der Waals surface area contributed by atoms with E-state index in [1.807, 2.05) is 0 Å². The highest BCUT2D eigenvalue weighted by Crippen LogP contribution is 2.32. The second-order valence-corrected chi connectivity index (χ2v) is 4.76. The molecule has 0 spiro atoms. The zero-order chi connectivity index (χ0) is 12.7. The van der Waals surface area contributed by atoms with Crippen LogP contribution in [0.25, 0.3) is 0 Å². The molecule has 0 saturated carbocycles. The molecule has 0 unspecified atom stereocenters. The van der Waals surface area contributed by atoms with Crippen LogP contribution in [-0.4, -0.2) is 10.2 Å². The van der Waals surface area contributed by atoms with Crippen molar-refractivity contribution in [1.82, 2.24) is 0 Å². The van der Waals surface area contributed by atoms with Crippen molar-refractivity contribution in [3.63, 3.8) is 0 Å². The highest BCUT2D eigenvalue weighted by molar-refractivity contribution is 5.38. The average molecular weight is 236 g/mol. The van der Waals surface area contributed by atoms with Gasteiger partial charge in [-0.25, -0.2) is 0 Å². The normalized spacial score (nSPS) is 11.0. The average Bonchev–Trinajstić information content (AvgIpc) is 2.28. The minimum absolute atomic E-state index is 0.165. The third kappa shape index (κ3) is 4.68. The van der Waals surface area contributed by atoms with E-state index in [0.29, 0.717) is 5.92 Å². The maximum atomic E-state index is 9.53. The molecule has 0 fully saturated rings.